The van der Waals surface area contributed by atoms with E-state index < -0.39 is 37.6 Å². The van der Waals surface area contributed by atoms with Gasteiger partial charge in [0.1, 0.15) is 24.4 Å². The number of rotatable bonds is 5. The highest BCUT2D eigenvalue weighted by Crippen LogP contribution is 2.03. The molecule has 0 bridgehead atoms. The largest absolute Gasteiger partial charge is 1.00 e. The van der Waals surface area contributed by atoms with Gasteiger partial charge in [0.05, 0.1) is 13.2 Å². The Bertz CT molecular complexity index is 110. The molecule has 0 radical (unpaired) electrons. The lowest BCUT2D eigenvalue weighted by Gasteiger charge is -2.24. The Labute approximate surface area is 70.8 Å². The zero-order valence-corrected chi connectivity index (χ0v) is 6.41. The van der Waals surface area contributed by atoms with Gasteiger partial charge < -0.3 is 30.6 Å². The first-order valence-electron chi connectivity index (χ1n) is 3.48. The predicted molar refractivity (Wildman–Crippen MR) is 39.3 cm³/mol. The molecule has 0 aliphatic carbocycles. The molecule has 0 heterocycles. The number of hydrogen-bond donors (Lipinski definition) is 6. The molecule has 0 spiro atoms. The van der Waals surface area contributed by atoms with Gasteiger partial charge in [-0.15, -0.1) is 0 Å². The Morgan fingerprint density at radius 2 is 1.00 bits per heavy atom. The molecule has 0 fully saturated rings. The number of aliphatic hydroxyl groups excluding tert-OH is 6. The van der Waals surface area contributed by atoms with Gasteiger partial charge in [0.25, 0.3) is 0 Å². The number of hydrogen-bond acceptors (Lipinski definition) is 6. The van der Waals surface area contributed by atoms with Crippen LogP contribution in [0, 0.1) is 0 Å². The second-order valence-electron chi connectivity index (χ2n) is 2.48. The Morgan fingerprint density at radius 3 is 1.17 bits per heavy atom. The van der Waals surface area contributed by atoms with Crippen molar-refractivity contribution in [3.8, 4) is 0 Å². The highest BCUT2D eigenvalue weighted by molar-refractivity contribution is 4.79. The molecule has 0 unspecified atom stereocenters. The van der Waals surface area contributed by atoms with Crippen LogP contribution in [0.15, 0.2) is 0 Å². The van der Waals surface area contributed by atoms with E-state index in [1.165, 1.54) is 0 Å². The van der Waals surface area contributed by atoms with E-state index in [1.807, 2.05) is 0 Å². The molecule has 0 aromatic carbocycles. The molecule has 74 valence electrons. The Kier molecular flexibility index (Phi) is 5.31. The van der Waals surface area contributed by atoms with Crippen LogP contribution in [-0.2, 0) is 0 Å². The fourth-order valence-corrected chi connectivity index (χ4v) is 0.671. The molecule has 0 aliphatic heterocycles. The molecular weight excluding hydrogens is 168 g/mol. The molecular formula is C6H15O6+. The maximum absolute atomic E-state index is 8.96. The summed E-state index contributed by atoms with van der Waals surface area (Å²) in [7, 11) is 0. The average molecular weight is 183 g/mol. The topological polar surface area (TPSA) is 121 Å². The Hall–Kier alpha value is -0.240. The van der Waals surface area contributed by atoms with Crippen LogP contribution in [0.5, 0.6) is 0 Å². The van der Waals surface area contributed by atoms with Crippen molar-refractivity contribution < 1.29 is 32.1 Å². The summed E-state index contributed by atoms with van der Waals surface area (Å²) in [5.74, 6) is 0. The smallest absolute Gasteiger partial charge is 0.394 e. The van der Waals surface area contributed by atoms with Crippen LogP contribution in [-0.4, -0.2) is 68.3 Å². The van der Waals surface area contributed by atoms with Crippen molar-refractivity contribution >= 4 is 0 Å². The standard InChI is InChI=1S/C6H14O6/c7-1-3(9)5(11)6(12)4(10)2-8/h3-12H,1-2H2/p+1/t3-,4+,5-,6-/m1/s1. The van der Waals surface area contributed by atoms with E-state index in [9.17, 15) is 0 Å². The minimum Gasteiger partial charge on any atom is -0.394 e. The molecule has 6 nitrogen and oxygen atoms in total. The third kappa shape index (κ3) is 3.02. The second kappa shape index (κ2) is 5.41. The molecule has 0 saturated carbocycles. The zero-order chi connectivity index (χ0) is 9.72. The van der Waals surface area contributed by atoms with Gasteiger partial charge in [-0.1, -0.05) is 0 Å². The quantitative estimate of drug-likeness (QED) is 0.263. The lowest BCUT2D eigenvalue weighted by Crippen LogP contribution is -2.46. The summed E-state index contributed by atoms with van der Waals surface area (Å²) < 4.78 is 0. The van der Waals surface area contributed by atoms with E-state index in [0.717, 1.165) is 0 Å². The predicted octanol–water partition coefficient (Wildman–Crippen LogP) is -3.47. The summed E-state index contributed by atoms with van der Waals surface area (Å²) >= 11 is 0. The minimum absolute atomic E-state index is 0. The van der Waals surface area contributed by atoms with E-state index in [0.29, 0.717) is 0 Å². The average Bonchev–Trinajstić information content (AvgIpc) is 2.12. The maximum atomic E-state index is 8.96. The minimum atomic E-state index is -1.67. The normalized spacial score (nSPS) is 21.5. The lowest BCUT2D eigenvalue weighted by atomic mass is 10.0. The lowest BCUT2D eigenvalue weighted by molar-refractivity contribution is -0.123. The SMILES string of the molecule is OC[C@@H](O)[C@@H](O)[C@H](O)[C@@H](O)CO.[H+]. The first-order chi connectivity index (χ1) is 5.54. The van der Waals surface area contributed by atoms with Crippen molar-refractivity contribution in [2.75, 3.05) is 13.2 Å². The fraction of sp³-hybridized carbons (Fsp3) is 1.00. The highest BCUT2D eigenvalue weighted by atomic mass is 16.4. The first-order valence-corrected chi connectivity index (χ1v) is 3.48. The molecule has 6 N–H and O–H groups in total. The van der Waals surface area contributed by atoms with Crippen LogP contribution < -0.4 is 0 Å². The maximum Gasteiger partial charge on any atom is 1.00 e. The van der Waals surface area contributed by atoms with E-state index in [-0.39, 0.29) is 1.43 Å². The van der Waals surface area contributed by atoms with Crippen molar-refractivity contribution in [2.24, 2.45) is 0 Å². The van der Waals surface area contributed by atoms with Gasteiger partial charge in [0, 0.05) is 0 Å². The van der Waals surface area contributed by atoms with E-state index >= 15 is 0 Å². The summed E-state index contributed by atoms with van der Waals surface area (Å²) in [5.41, 5.74) is 0. The molecule has 0 saturated heterocycles. The van der Waals surface area contributed by atoms with Crippen molar-refractivity contribution in [2.45, 2.75) is 24.4 Å². The van der Waals surface area contributed by atoms with Crippen molar-refractivity contribution in [3.05, 3.63) is 0 Å². The monoisotopic (exact) mass is 183 g/mol. The van der Waals surface area contributed by atoms with Crippen LogP contribution in [0.1, 0.15) is 1.43 Å². The van der Waals surface area contributed by atoms with Crippen molar-refractivity contribution in [1.82, 2.24) is 0 Å². The molecule has 0 amide bonds. The van der Waals surface area contributed by atoms with Crippen molar-refractivity contribution in [1.29, 1.82) is 0 Å². The molecule has 0 aliphatic rings. The van der Waals surface area contributed by atoms with Crippen LogP contribution in [0.4, 0.5) is 0 Å². The van der Waals surface area contributed by atoms with Gasteiger partial charge in [-0.2, -0.15) is 0 Å². The second-order valence-corrected chi connectivity index (χ2v) is 2.48. The first kappa shape index (κ1) is 11.8. The summed E-state index contributed by atoms with van der Waals surface area (Å²) in [6.07, 6.45) is -6.39. The molecule has 4 atom stereocenters. The van der Waals surface area contributed by atoms with Crippen LogP contribution >= 0.6 is 0 Å². The summed E-state index contributed by atoms with van der Waals surface area (Å²) in [6.45, 7) is -1.45. The number of aliphatic hydroxyl groups is 6. The fourth-order valence-electron chi connectivity index (χ4n) is 0.671. The summed E-state index contributed by atoms with van der Waals surface area (Å²) in [5, 5.41) is 52.2. The van der Waals surface area contributed by atoms with Gasteiger partial charge in [-0.05, 0) is 0 Å². The zero-order valence-electron chi connectivity index (χ0n) is 7.41. The van der Waals surface area contributed by atoms with E-state index in [1.54, 1.807) is 0 Å². The van der Waals surface area contributed by atoms with E-state index in [4.69, 9.17) is 30.6 Å². The molecule has 0 aromatic rings. The third-order valence-corrected chi connectivity index (χ3v) is 1.51. The summed E-state index contributed by atoms with van der Waals surface area (Å²) in [4.78, 5) is 0. The summed E-state index contributed by atoms with van der Waals surface area (Å²) in [6, 6.07) is 0. The van der Waals surface area contributed by atoms with Gasteiger partial charge in [0.15, 0.2) is 0 Å². The Morgan fingerprint density at radius 1 is 0.750 bits per heavy atom. The van der Waals surface area contributed by atoms with Crippen LogP contribution in [0.2, 0.25) is 0 Å². The molecule has 6 heteroatoms. The third-order valence-electron chi connectivity index (χ3n) is 1.51. The van der Waals surface area contributed by atoms with Gasteiger partial charge >= 0.3 is 1.43 Å². The van der Waals surface area contributed by atoms with E-state index in [2.05, 4.69) is 0 Å². The highest BCUT2D eigenvalue weighted by Gasteiger charge is 2.29. The van der Waals surface area contributed by atoms with Crippen LogP contribution in [0.3, 0.4) is 0 Å². The Balaban J connectivity index is 0. The van der Waals surface area contributed by atoms with Gasteiger partial charge in [-0.25, -0.2) is 0 Å². The molecule has 0 aromatic heterocycles. The van der Waals surface area contributed by atoms with Gasteiger partial charge in [-0.3, -0.25) is 0 Å². The molecule has 12 heavy (non-hydrogen) atoms. The van der Waals surface area contributed by atoms with Crippen molar-refractivity contribution in [3.63, 3.8) is 0 Å². The van der Waals surface area contributed by atoms with Gasteiger partial charge in [0.2, 0.25) is 0 Å². The van der Waals surface area contributed by atoms with Crippen LogP contribution in [0.25, 0.3) is 0 Å². The molecule has 0 rings (SSSR count).